The number of imide groups is 1. The highest BCUT2D eigenvalue weighted by molar-refractivity contribution is 6.07. The largest absolute Gasteiger partial charge is 0.357 e. The Bertz CT molecular complexity index is 541. The van der Waals surface area contributed by atoms with Crippen molar-refractivity contribution < 1.29 is 9.59 Å². The number of amides is 3. The molecule has 134 valence electrons. The van der Waals surface area contributed by atoms with Crippen molar-refractivity contribution in [2.75, 3.05) is 26.2 Å². The van der Waals surface area contributed by atoms with Crippen LogP contribution in [0.4, 0.5) is 4.79 Å². The molecule has 0 spiro atoms. The summed E-state index contributed by atoms with van der Waals surface area (Å²) in [7, 11) is 0. The van der Waals surface area contributed by atoms with Crippen molar-refractivity contribution in [2.24, 2.45) is 22.7 Å². The van der Waals surface area contributed by atoms with Crippen molar-refractivity contribution >= 4 is 17.9 Å². The molecule has 3 aliphatic rings. The van der Waals surface area contributed by atoms with E-state index in [4.69, 9.17) is 4.99 Å². The van der Waals surface area contributed by atoms with Crippen molar-refractivity contribution in [1.82, 2.24) is 20.9 Å². The smallest absolute Gasteiger partial charge is 0.322 e. The number of likely N-dealkylation sites (tertiary alicyclic amines) is 1. The van der Waals surface area contributed by atoms with Crippen LogP contribution in [0, 0.1) is 17.8 Å². The van der Waals surface area contributed by atoms with Gasteiger partial charge in [0.25, 0.3) is 5.91 Å². The Morgan fingerprint density at radius 2 is 2.04 bits per heavy atom. The number of hydrogen-bond donors (Lipinski definition) is 3. The Labute approximate surface area is 143 Å². The molecular formula is C17H29N5O2. The second-order valence-corrected chi connectivity index (χ2v) is 7.54. The molecule has 3 N–H and O–H groups in total. The normalized spacial score (nSPS) is 34.1. The van der Waals surface area contributed by atoms with Crippen LogP contribution in [-0.2, 0) is 4.79 Å². The van der Waals surface area contributed by atoms with Crippen LogP contribution >= 0.6 is 0 Å². The maximum absolute atomic E-state index is 12.1. The lowest BCUT2D eigenvalue weighted by Gasteiger charge is -2.39. The van der Waals surface area contributed by atoms with E-state index in [1.54, 1.807) is 0 Å². The summed E-state index contributed by atoms with van der Waals surface area (Å²) < 4.78 is 0. The molecule has 24 heavy (non-hydrogen) atoms. The summed E-state index contributed by atoms with van der Waals surface area (Å²) in [6.45, 7) is 9.67. The van der Waals surface area contributed by atoms with E-state index in [1.165, 1.54) is 6.42 Å². The van der Waals surface area contributed by atoms with E-state index in [0.29, 0.717) is 0 Å². The van der Waals surface area contributed by atoms with E-state index >= 15 is 0 Å². The Kier molecular flexibility index (Phi) is 4.69. The molecule has 3 amide bonds. The quantitative estimate of drug-likeness (QED) is 0.405. The highest BCUT2D eigenvalue weighted by Gasteiger charge is 2.48. The van der Waals surface area contributed by atoms with E-state index in [2.05, 4.69) is 34.7 Å². The van der Waals surface area contributed by atoms with Crippen molar-refractivity contribution in [2.45, 2.75) is 45.6 Å². The molecule has 2 saturated heterocycles. The van der Waals surface area contributed by atoms with Crippen LogP contribution in [0.15, 0.2) is 4.99 Å². The van der Waals surface area contributed by atoms with Gasteiger partial charge in [-0.15, -0.1) is 0 Å². The minimum Gasteiger partial charge on any atom is -0.357 e. The summed E-state index contributed by atoms with van der Waals surface area (Å²) >= 11 is 0. The van der Waals surface area contributed by atoms with E-state index in [0.717, 1.165) is 56.8 Å². The van der Waals surface area contributed by atoms with Crippen LogP contribution in [0.25, 0.3) is 0 Å². The second-order valence-electron chi connectivity index (χ2n) is 7.54. The first-order chi connectivity index (χ1) is 11.4. The molecule has 0 radical (unpaired) electrons. The molecule has 3 fully saturated rings. The predicted molar refractivity (Wildman–Crippen MR) is 92.6 cm³/mol. The fraction of sp³-hybridized carbons (Fsp3) is 0.824. The molecule has 2 aliphatic heterocycles. The highest BCUT2D eigenvalue weighted by atomic mass is 16.2. The average Bonchev–Trinajstić information content (AvgIpc) is 3.19. The molecule has 1 aliphatic carbocycles. The molecule has 7 heteroatoms. The van der Waals surface area contributed by atoms with Gasteiger partial charge in [-0.1, -0.05) is 6.92 Å². The SMILES string of the molecule is CCNC(=NCC1CC1C)N1CCC(C2(C)NC(=O)NC2=O)CC1. The molecule has 7 nitrogen and oxygen atoms in total. The van der Waals surface area contributed by atoms with Crippen LogP contribution in [-0.4, -0.2) is 54.5 Å². The van der Waals surface area contributed by atoms with E-state index in [-0.39, 0.29) is 17.9 Å². The zero-order chi connectivity index (χ0) is 17.3. The van der Waals surface area contributed by atoms with Gasteiger partial charge >= 0.3 is 6.03 Å². The standard InChI is InChI=1S/C17H29N5O2/c1-4-18-15(19-10-12-9-11(12)2)22-7-5-13(6-8-22)17(3)14(23)20-16(24)21-17/h11-13H,4-10H2,1-3H3,(H,18,19)(H2,20,21,23,24). The zero-order valence-corrected chi connectivity index (χ0v) is 14.9. The maximum Gasteiger partial charge on any atom is 0.322 e. The number of nitrogens with one attached hydrogen (secondary N) is 3. The maximum atomic E-state index is 12.1. The molecule has 3 unspecified atom stereocenters. The summed E-state index contributed by atoms with van der Waals surface area (Å²) in [5, 5.41) is 8.56. The Hall–Kier alpha value is -1.79. The van der Waals surface area contributed by atoms with Crippen LogP contribution in [0.1, 0.15) is 40.0 Å². The number of aliphatic imine (C=N–C) groups is 1. The molecule has 3 atom stereocenters. The topological polar surface area (TPSA) is 85.8 Å². The zero-order valence-electron chi connectivity index (χ0n) is 14.9. The number of nitrogens with zero attached hydrogens (tertiary/aromatic N) is 2. The molecule has 1 saturated carbocycles. The third-order valence-electron chi connectivity index (χ3n) is 5.77. The van der Waals surface area contributed by atoms with Gasteiger partial charge in [-0.05, 0) is 50.9 Å². The van der Waals surface area contributed by atoms with Gasteiger partial charge in [-0.25, -0.2) is 4.79 Å². The number of piperidine rings is 1. The lowest BCUT2D eigenvalue weighted by molar-refractivity contribution is -0.125. The molecule has 3 rings (SSSR count). The molecule has 0 aromatic rings. The summed E-state index contributed by atoms with van der Waals surface area (Å²) in [6, 6.07) is -0.376. The number of carbonyl (C=O) groups excluding carboxylic acids is 2. The van der Waals surface area contributed by atoms with Gasteiger partial charge in [0.05, 0.1) is 0 Å². The van der Waals surface area contributed by atoms with Crippen molar-refractivity contribution in [3.63, 3.8) is 0 Å². The van der Waals surface area contributed by atoms with Gasteiger partial charge in [-0.2, -0.15) is 0 Å². The molecule has 0 aromatic heterocycles. The minimum atomic E-state index is -0.776. The lowest BCUT2D eigenvalue weighted by Crippen LogP contribution is -2.55. The van der Waals surface area contributed by atoms with Gasteiger partial charge in [0.2, 0.25) is 0 Å². The first-order valence-corrected chi connectivity index (χ1v) is 9.11. The van der Waals surface area contributed by atoms with E-state index < -0.39 is 5.54 Å². The van der Waals surface area contributed by atoms with E-state index in [9.17, 15) is 9.59 Å². The third kappa shape index (κ3) is 3.35. The van der Waals surface area contributed by atoms with Gasteiger partial charge < -0.3 is 15.5 Å². The average molecular weight is 335 g/mol. The summed E-state index contributed by atoms with van der Waals surface area (Å²) in [5.41, 5.74) is -0.776. The van der Waals surface area contributed by atoms with Crippen LogP contribution in [0.2, 0.25) is 0 Å². The van der Waals surface area contributed by atoms with Gasteiger partial charge in [-0.3, -0.25) is 15.1 Å². The summed E-state index contributed by atoms with van der Waals surface area (Å²) in [5.74, 6) is 2.50. The lowest BCUT2D eigenvalue weighted by atomic mass is 9.79. The minimum absolute atomic E-state index is 0.159. The number of rotatable bonds is 4. The Balaban J connectivity index is 1.58. The number of hydrogen-bond acceptors (Lipinski definition) is 3. The second kappa shape index (κ2) is 6.61. The van der Waals surface area contributed by atoms with Crippen LogP contribution in [0.3, 0.4) is 0 Å². The van der Waals surface area contributed by atoms with Crippen LogP contribution in [0.5, 0.6) is 0 Å². The van der Waals surface area contributed by atoms with Gasteiger partial charge in [0.1, 0.15) is 5.54 Å². The number of carbonyl (C=O) groups is 2. The molecule has 2 heterocycles. The first kappa shape index (κ1) is 17.0. The predicted octanol–water partition coefficient (Wildman–Crippen LogP) is 0.918. The fourth-order valence-electron chi connectivity index (χ4n) is 3.80. The van der Waals surface area contributed by atoms with Crippen LogP contribution < -0.4 is 16.0 Å². The summed E-state index contributed by atoms with van der Waals surface area (Å²) in [4.78, 5) is 30.6. The molecule has 0 aromatic carbocycles. The van der Waals surface area contributed by atoms with Gasteiger partial charge in [0, 0.05) is 26.2 Å². The Morgan fingerprint density at radius 3 is 2.54 bits per heavy atom. The number of urea groups is 1. The molecular weight excluding hydrogens is 306 g/mol. The fourth-order valence-corrected chi connectivity index (χ4v) is 3.80. The molecule has 0 bridgehead atoms. The van der Waals surface area contributed by atoms with Crippen molar-refractivity contribution in [1.29, 1.82) is 0 Å². The first-order valence-electron chi connectivity index (χ1n) is 9.11. The summed E-state index contributed by atoms with van der Waals surface area (Å²) in [6.07, 6.45) is 3.03. The van der Waals surface area contributed by atoms with Gasteiger partial charge in [0.15, 0.2) is 5.96 Å². The monoisotopic (exact) mass is 335 g/mol. The third-order valence-corrected chi connectivity index (χ3v) is 5.77. The van der Waals surface area contributed by atoms with E-state index in [1.807, 2.05) is 6.92 Å². The van der Waals surface area contributed by atoms with Crippen molar-refractivity contribution in [3.05, 3.63) is 0 Å². The van der Waals surface area contributed by atoms with Crippen molar-refractivity contribution in [3.8, 4) is 0 Å². The highest BCUT2D eigenvalue weighted by Crippen LogP contribution is 2.37. The Morgan fingerprint density at radius 1 is 1.38 bits per heavy atom. The number of guanidine groups is 1.